The van der Waals surface area contributed by atoms with E-state index in [1.807, 2.05) is 31.2 Å². The number of hydrogen-bond donors (Lipinski definition) is 2. The number of nitrogens with one attached hydrogen (secondary N) is 1. The van der Waals surface area contributed by atoms with Crippen molar-refractivity contribution < 1.29 is 9.90 Å². The average molecular weight is 300 g/mol. The molecule has 0 unspecified atom stereocenters. The van der Waals surface area contributed by atoms with E-state index in [2.05, 4.69) is 21.2 Å². The van der Waals surface area contributed by atoms with Crippen LogP contribution in [0.25, 0.3) is 0 Å². The van der Waals surface area contributed by atoms with Crippen LogP contribution in [0.4, 0.5) is 0 Å². The predicted molar refractivity (Wildman–Crippen MR) is 71.7 cm³/mol. The normalized spacial score (nSPS) is 14.1. The largest absolute Gasteiger partial charge is 0.394 e. The summed E-state index contributed by atoms with van der Waals surface area (Å²) in [5.74, 6) is -0.111. The van der Waals surface area contributed by atoms with E-state index in [-0.39, 0.29) is 24.5 Å². The topological polar surface area (TPSA) is 49.3 Å². The molecule has 0 aliphatic heterocycles. The molecule has 4 heteroatoms. The van der Waals surface area contributed by atoms with Crippen LogP contribution in [0.15, 0.2) is 28.7 Å². The van der Waals surface area contributed by atoms with Crippen LogP contribution in [0.5, 0.6) is 0 Å². The molecule has 0 aliphatic rings. The van der Waals surface area contributed by atoms with Crippen LogP contribution >= 0.6 is 15.9 Å². The maximum atomic E-state index is 11.8. The van der Waals surface area contributed by atoms with Crippen LogP contribution in [0.1, 0.15) is 19.4 Å². The van der Waals surface area contributed by atoms with E-state index in [0.717, 1.165) is 10.0 Å². The minimum absolute atomic E-state index is 0.0190. The molecule has 0 saturated heterocycles. The summed E-state index contributed by atoms with van der Waals surface area (Å²) in [5, 5.41) is 11.6. The number of hydrogen-bond acceptors (Lipinski definition) is 2. The number of rotatable bonds is 5. The number of amides is 1. The Labute approximate surface area is 110 Å². The van der Waals surface area contributed by atoms with Crippen molar-refractivity contribution >= 4 is 21.8 Å². The standard InChI is InChI=1S/C13H18BrNO2/c1-9(13(17)15-10(2)8-16)7-11-3-5-12(14)6-4-11/h3-6,9-10,16H,7-8H2,1-2H3,(H,15,17)/t9-,10-/m1/s1. The molecule has 1 amide bonds. The Hall–Kier alpha value is -0.870. The van der Waals surface area contributed by atoms with Gasteiger partial charge in [0, 0.05) is 16.4 Å². The number of benzene rings is 1. The van der Waals surface area contributed by atoms with Crippen molar-refractivity contribution in [2.24, 2.45) is 5.92 Å². The van der Waals surface area contributed by atoms with Crippen LogP contribution in [0.3, 0.4) is 0 Å². The first-order valence-electron chi connectivity index (χ1n) is 5.68. The summed E-state index contributed by atoms with van der Waals surface area (Å²) < 4.78 is 1.03. The predicted octanol–water partition coefficient (Wildman–Crippen LogP) is 2.12. The summed E-state index contributed by atoms with van der Waals surface area (Å²) in [7, 11) is 0. The maximum absolute atomic E-state index is 11.8. The van der Waals surface area contributed by atoms with Gasteiger partial charge in [-0.2, -0.15) is 0 Å². The summed E-state index contributed by atoms with van der Waals surface area (Å²) in [6.45, 7) is 3.64. The molecular formula is C13H18BrNO2. The zero-order chi connectivity index (χ0) is 12.8. The third kappa shape index (κ3) is 4.88. The van der Waals surface area contributed by atoms with E-state index >= 15 is 0 Å². The molecule has 1 aromatic rings. The van der Waals surface area contributed by atoms with Crippen LogP contribution < -0.4 is 5.32 Å². The van der Waals surface area contributed by atoms with Crippen molar-refractivity contribution in [3.63, 3.8) is 0 Å². The van der Waals surface area contributed by atoms with E-state index in [0.29, 0.717) is 6.42 Å². The van der Waals surface area contributed by atoms with Gasteiger partial charge in [0.25, 0.3) is 0 Å². The Morgan fingerprint density at radius 1 is 1.35 bits per heavy atom. The first-order valence-corrected chi connectivity index (χ1v) is 6.48. The highest BCUT2D eigenvalue weighted by atomic mass is 79.9. The molecule has 2 atom stereocenters. The molecule has 0 aromatic heterocycles. The van der Waals surface area contributed by atoms with Crippen molar-refractivity contribution in [3.8, 4) is 0 Å². The van der Waals surface area contributed by atoms with Gasteiger partial charge in [-0.25, -0.2) is 0 Å². The molecule has 0 fully saturated rings. The van der Waals surface area contributed by atoms with Gasteiger partial charge in [0.2, 0.25) is 5.91 Å². The van der Waals surface area contributed by atoms with Crippen molar-refractivity contribution in [3.05, 3.63) is 34.3 Å². The van der Waals surface area contributed by atoms with Crippen LogP contribution in [-0.2, 0) is 11.2 Å². The van der Waals surface area contributed by atoms with E-state index in [9.17, 15) is 4.79 Å². The average Bonchev–Trinajstić information content (AvgIpc) is 2.31. The van der Waals surface area contributed by atoms with Gasteiger partial charge >= 0.3 is 0 Å². The Kier molecular flexibility index (Phi) is 5.65. The van der Waals surface area contributed by atoms with Gasteiger partial charge in [-0.1, -0.05) is 35.0 Å². The zero-order valence-corrected chi connectivity index (χ0v) is 11.7. The van der Waals surface area contributed by atoms with Crippen molar-refractivity contribution in [2.45, 2.75) is 26.3 Å². The van der Waals surface area contributed by atoms with Crippen LogP contribution in [-0.4, -0.2) is 23.7 Å². The molecule has 2 N–H and O–H groups in total. The highest BCUT2D eigenvalue weighted by molar-refractivity contribution is 9.10. The first kappa shape index (κ1) is 14.2. The first-order chi connectivity index (χ1) is 8.02. The lowest BCUT2D eigenvalue weighted by molar-refractivity contribution is -0.125. The number of carbonyl (C=O) groups is 1. The fourth-order valence-corrected chi connectivity index (χ4v) is 1.76. The second-order valence-corrected chi connectivity index (χ2v) is 5.24. The van der Waals surface area contributed by atoms with Gasteiger partial charge < -0.3 is 10.4 Å². The van der Waals surface area contributed by atoms with Gasteiger partial charge in [0.15, 0.2) is 0 Å². The fourth-order valence-electron chi connectivity index (χ4n) is 1.50. The lowest BCUT2D eigenvalue weighted by atomic mass is 10.0. The summed E-state index contributed by atoms with van der Waals surface area (Å²) in [6, 6.07) is 7.76. The van der Waals surface area contributed by atoms with Crippen molar-refractivity contribution in [1.29, 1.82) is 0 Å². The third-order valence-electron chi connectivity index (χ3n) is 2.57. The summed E-state index contributed by atoms with van der Waals surface area (Å²) >= 11 is 3.38. The molecule has 0 bridgehead atoms. The van der Waals surface area contributed by atoms with Crippen molar-refractivity contribution in [1.82, 2.24) is 5.32 Å². The minimum atomic E-state index is -0.185. The molecule has 0 spiro atoms. The Bertz CT molecular complexity index is 364. The van der Waals surface area contributed by atoms with Gasteiger partial charge in [0.05, 0.1) is 6.61 Å². The van der Waals surface area contributed by atoms with Crippen LogP contribution in [0, 0.1) is 5.92 Å². The molecule has 3 nitrogen and oxygen atoms in total. The molecular weight excluding hydrogens is 282 g/mol. The summed E-state index contributed by atoms with van der Waals surface area (Å²) in [4.78, 5) is 11.8. The van der Waals surface area contributed by atoms with Gasteiger partial charge in [-0.3, -0.25) is 4.79 Å². The van der Waals surface area contributed by atoms with E-state index in [1.54, 1.807) is 6.92 Å². The van der Waals surface area contributed by atoms with E-state index in [4.69, 9.17) is 5.11 Å². The summed E-state index contributed by atoms with van der Waals surface area (Å²) in [6.07, 6.45) is 0.706. The van der Waals surface area contributed by atoms with Gasteiger partial charge in [-0.05, 0) is 31.0 Å². The fraction of sp³-hybridized carbons (Fsp3) is 0.462. The minimum Gasteiger partial charge on any atom is -0.394 e. The third-order valence-corrected chi connectivity index (χ3v) is 3.09. The second kappa shape index (κ2) is 6.77. The molecule has 1 rings (SSSR count). The maximum Gasteiger partial charge on any atom is 0.223 e. The molecule has 17 heavy (non-hydrogen) atoms. The second-order valence-electron chi connectivity index (χ2n) is 4.32. The highest BCUT2D eigenvalue weighted by Crippen LogP contribution is 2.14. The SMILES string of the molecule is C[C@H](CO)NC(=O)[C@H](C)Cc1ccc(Br)cc1. The monoisotopic (exact) mass is 299 g/mol. The number of aliphatic hydroxyl groups is 1. The number of carbonyl (C=O) groups excluding carboxylic acids is 1. The quantitative estimate of drug-likeness (QED) is 0.875. The Morgan fingerprint density at radius 2 is 1.94 bits per heavy atom. The smallest absolute Gasteiger partial charge is 0.223 e. The van der Waals surface area contributed by atoms with Crippen LogP contribution in [0.2, 0.25) is 0 Å². The summed E-state index contributed by atoms with van der Waals surface area (Å²) in [5.41, 5.74) is 1.13. The van der Waals surface area contributed by atoms with Gasteiger partial charge in [0.1, 0.15) is 0 Å². The molecule has 1 aromatic carbocycles. The molecule has 0 saturated carbocycles. The molecule has 0 radical (unpaired) electrons. The molecule has 0 heterocycles. The lowest BCUT2D eigenvalue weighted by Gasteiger charge is -2.15. The number of halogens is 1. The Morgan fingerprint density at radius 3 is 2.47 bits per heavy atom. The number of aliphatic hydroxyl groups excluding tert-OH is 1. The van der Waals surface area contributed by atoms with E-state index < -0.39 is 0 Å². The Balaban J connectivity index is 2.51. The molecule has 0 aliphatic carbocycles. The van der Waals surface area contributed by atoms with Crippen molar-refractivity contribution in [2.75, 3.05) is 6.61 Å². The zero-order valence-electron chi connectivity index (χ0n) is 10.1. The van der Waals surface area contributed by atoms with E-state index in [1.165, 1.54) is 0 Å². The van der Waals surface area contributed by atoms with Gasteiger partial charge in [-0.15, -0.1) is 0 Å². The molecule has 94 valence electrons. The lowest BCUT2D eigenvalue weighted by Crippen LogP contribution is -2.38. The highest BCUT2D eigenvalue weighted by Gasteiger charge is 2.15.